The van der Waals surface area contributed by atoms with E-state index in [9.17, 15) is 18.3 Å². The van der Waals surface area contributed by atoms with Crippen molar-refractivity contribution >= 4 is 27.6 Å². The van der Waals surface area contributed by atoms with Crippen molar-refractivity contribution in [1.82, 2.24) is 5.32 Å². The SMILES string of the molecule is NS(=O)(=O)C1CC(C(=O)O)C(NCc2ccco2)=CC1Cl. The van der Waals surface area contributed by atoms with Crippen molar-refractivity contribution in [2.75, 3.05) is 0 Å². The summed E-state index contributed by atoms with van der Waals surface area (Å²) < 4.78 is 28.0. The molecule has 0 bridgehead atoms. The molecule has 0 spiro atoms. The molecule has 4 N–H and O–H groups in total. The third-order valence-electron chi connectivity index (χ3n) is 3.30. The molecule has 3 atom stereocenters. The second-order valence-corrected chi connectivity index (χ2v) is 7.04. The number of allylic oxidation sites excluding steroid dienone is 1. The number of rotatable bonds is 5. The van der Waals surface area contributed by atoms with Crippen LogP contribution in [0.1, 0.15) is 12.2 Å². The summed E-state index contributed by atoms with van der Waals surface area (Å²) in [6.07, 6.45) is 2.73. The first-order valence-corrected chi connectivity index (χ1v) is 8.20. The standard InChI is InChI=1S/C12H15ClN2O5S/c13-9-5-10(15-6-7-2-1-3-20-7)8(12(16)17)4-11(9)21(14,18)19/h1-3,5,8-9,11,15H,4,6H2,(H,16,17)(H2,14,18,19). The highest BCUT2D eigenvalue weighted by Gasteiger charge is 2.39. The van der Waals surface area contributed by atoms with Crippen molar-refractivity contribution in [1.29, 1.82) is 0 Å². The van der Waals surface area contributed by atoms with Gasteiger partial charge in [-0.05, 0) is 24.6 Å². The number of carboxylic acid groups (broad SMARTS) is 1. The van der Waals surface area contributed by atoms with Crippen LogP contribution in [0.3, 0.4) is 0 Å². The number of alkyl halides is 1. The van der Waals surface area contributed by atoms with Gasteiger partial charge in [0.1, 0.15) is 5.76 Å². The number of nitrogens with one attached hydrogen (secondary N) is 1. The Labute approximate surface area is 126 Å². The van der Waals surface area contributed by atoms with Gasteiger partial charge in [-0.15, -0.1) is 11.6 Å². The van der Waals surface area contributed by atoms with Crippen molar-refractivity contribution in [2.45, 2.75) is 23.6 Å². The van der Waals surface area contributed by atoms with E-state index in [1.54, 1.807) is 12.1 Å². The number of carboxylic acids is 1. The zero-order valence-electron chi connectivity index (χ0n) is 10.9. The van der Waals surface area contributed by atoms with Crippen molar-refractivity contribution in [3.8, 4) is 0 Å². The molecule has 21 heavy (non-hydrogen) atoms. The highest BCUT2D eigenvalue weighted by molar-refractivity contribution is 7.89. The molecule has 1 aromatic rings. The predicted octanol–water partition coefficient (Wildman–Crippen LogP) is 0.622. The van der Waals surface area contributed by atoms with Gasteiger partial charge in [0.05, 0.1) is 29.4 Å². The quantitative estimate of drug-likeness (QED) is 0.678. The summed E-state index contributed by atoms with van der Waals surface area (Å²) in [5.74, 6) is -1.51. The predicted molar refractivity (Wildman–Crippen MR) is 75.9 cm³/mol. The zero-order valence-corrected chi connectivity index (χ0v) is 12.5. The van der Waals surface area contributed by atoms with Gasteiger partial charge in [0.2, 0.25) is 10.0 Å². The van der Waals surface area contributed by atoms with Crippen LogP contribution in [0.25, 0.3) is 0 Å². The van der Waals surface area contributed by atoms with E-state index >= 15 is 0 Å². The Morgan fingerprint density at radius 1 is 1.57 bits per heavy atom. The lowest BCUT2D eigenvalue weighted by atomic mass is 9.91. The normalized spacial score (nSPS) is 26.2. The molecule has 1 aliphatic carbocycles. The smallest absolute Gasteiger partial charge is 0.312 e. The Morgan fingerprint density at radius 2 is 2.29 bits per heavy atom. The molecular formula is C12H15ClN2O5S. The van der Waals surface area contributed by atoms with E-state index in [1.807, 2.05) is 0 Å². The second-order valence-electron chi connectivity index (χ2n) is 4.75. The van der Waals surface area contributed by atoms with Gasteiger partial charge in [0.15, 0.2) is 0 Å². The molecule has 116 valence electrons. The van der Waals surface area contributed by atoms with Gasteiger partial charge < -0.3 is 14.8 Å². The van der Waals surface area contributed by atoms with E-state index in [0.717, 1.165) is 0 Å². The highest BCUT2D eigenvalue weighted by Crippen LogP contribution is 2.30. The summed E-state index contributed by atoms with van der Waals surface area (Å²) in [5, 5.41) is 15.3. The molecule has 0 radical (unpaired) electrons. The minimum Gasteiger partial charge on any atom is -0.481 e. The average molecular weight is 335 g/mol. The molecule has 7 nitrogen and oxygen atoms in total. The number of carbonyl (C=O) groups is 1. The lowest BCUT2D eigenvalue weighted by Crippen LogP contribution is -2.43. The fraction of sp³-hybridized carbons (Fsp3) is 0.417. The molecule has 3 unspecified atom stereocenters. The molecule has 0 saturated carbocycles. The maximum atomic E-state index is 11.5. The molecule has 0 aromatic carbocycles. The third-order valence-corrected chi connectivity index (χ3v) is 5.21. The van der Waals surface area contributed by atoms with E-state index in [1.165, 1.54) is 12.3 Å². The number of halogens is 1. The summed E-state index contributed by atoms with van der Waals surface area (Å²) in [6, 6.07) is 3.44. The van der Waals surface area contributed by atoms with Gasteiger partial charge in [-0.25, -0.2) is 13.6 Å². The molecule has 2 rings (SSSR count). The maximum absolute atomic E-state index is 11.5. The minimum atomic E-state index is -3.91. The second kappa shape index (κ2) is 6.08. The van der Waals surface area contributed by atoms with Crippen molar-refractivity contribution in [3.63, 3.8) is 0 Å². The summed E-state index contributed by atoms with van der Waals surface area (Å²) in [6.45, 7) is 0.284. The number of primary sulfonamides is 1. The third kappa shape index (κ3) is 3.78. The number of hydrogen-bond donors (Lipinski definition) is 3. The molecule has 1 aliphatic rings. The van der Waals surface area contributed by atoms with E-state index < -0.39 is 32.5 Å². The molecule has 0 saturated heterocycles. The number of sulfonamides is 1. The highest BCUT2D eigenvalue weighted by atomic mass is 35.5. The van der Waals surface area contributed by atoms with E-state index in [2.05, 4.69) is 5.32 Å². The molecular weight excluding hydrogens is 320 g/mol. The fourth-order valence-corrected chi connectivity index (χ4v) is 3.79. The first-order valence-electron chi connectivity index (χ1n) is 6.15. The van der Waals surface area contributed by atoms with Crippen molar-refractivity contribution in [3.05, 3.63) is 35.9 Å². The van der Waals surface area contributed by atoms with Crippen LogP contribution in [0.4, 0.5) is 0 Å². The van der Waals surface area contributed by atoms with Gasteiger partial charge in [-0.1, -0.05) is 0 Å². The van der Waals surface area contributed by atoms with Gasteiger partial charge in [0, 0.05) is 5.70 Å². The van der Waals surface area contributed by atoms with Crippen LogP contribution in [0, 0.1) is 5.92 Å². The van der Waals surface area contributed by atoms with Gasteiger partial charge in [-0.2, -0.15) is 0 Å². The summed E-state index contributed by atoms with van der Waals surface area (Å²) >= 11 is 6.00. The average Bonchev–Trinajstić information content (AvgIpc) is 2.87. The van der Waals surface area contributed by atoms with E-state index in [0.29, 0.717) is 11.5 Å². The lowest BCUT2D eigenvalue weighted by molar-refractivity contribution is -0.140. The van der Waals surface area contributed by atoms with Crippen molar-refractivity contribution < 1.29 is 22.7 Å². The van der Waals surface area contributed by atoms with Crippen LogP contribution in [0.15, 0.2) is 34.6 Å². The van der Waals surface area contributed by atoms with Crippen LogP contribution in [-0.2, 0) is 21.4 Å². The number of nitrogens with two attached hydrogens (primary N) is 1. The summed E-state index contributed by atoms with van der Waals surface area (Å²) in [5.41, 5.74) is 0.360. The molecule has 0 fully saturated rings. The van der Waals surface area contributed by atoms with Gasteiger partial charge in [-0.3, -0.25) is 4.79 Å². The number of aliphatic carboxylic acids is 1. The molecule has 0 aliphatic heterocycles. The van der Waals surface area contributed by atoms with Crippen LogP contribution < -0.4 is 10.5 Å². The van der Waals surface area contributed by atoms with Gasteiger partial charge in [0.25, 0.3) is 0 Å². The zero-order chi connectivity index (χ0) is 15.6. The summed E-state index contributed by atoms with van der Waals surface area (Å²) in [4.78, 5) is 11.3. The van der Waals surface area contributed by atoms with Crippen LogP contribution >= 0.6 is 11.6 Å². The fourth-order valence-electron chi connectivity index (χ4n) is 2.22. The Balaban J connectivity index is 2.19. The largest absolute Gasteiger partial charge is 0.481 e. The van der Waals surface area contributed by atoms with E-state index in [4.69, 9.17) is 21.2 Å². The Morgan fingerprint density at radius 3 is 2.81 bits per heavy atom. The lowest BCUT2D eigenvalue weighted by Gasteiger charge is -2.29. The van der Waals surface area contributed by atoms with Gasteiger partial charge >= 0.3 is 5.97 Å². The van der Waals surface area contributed by atoms with Crippen LogP contribution in [0.5, 0.6) is 0 Å². The van der Waals surface area contributed by atoms with Crippen LogP contribution in [-0.4, -0.2) is 30.1 Å². The molecule has 1 aromatic heterocycles. The first-order chi connectivity index (χ1) is 9.79. The van der Waals surface area contributed by atoms with Crippen LogP contribution in [0.2, 0.25) is 0 Å². The summed E-state index contributed by atoms with van der Waals surface area (Å²) in [7, 11) is -3.91. The topological polar surface area (TPSA) is 123 Å². The molecule has 1 heterocycles. The molecule has 0 amide bonds. The Kier molecular flexibility index (Phi) is 4.60. The minimum absolute atomic E-state index is 0.167. The maximum Gasteiger partial charge on any atom is 0.312 e. The Bertz CT molecular complexity index is 641. The van der Waals surface area contributed by atoms with E-state index in [-0.39, 0.29) is 13.0 Å². The van der Waals surface area contributed by atoms with Crippen molar-refractivity contribution in [2.24, 2.45) is 11.1 Å². The monoisotopic (exact) mass is 334 g/mol. The first kappa shape index (κ1) is 15.9. The Hall–Kier alpha value is -1.51. The molecule has 9 heteroatoms. The number of furan rings is 1. The number of hydrogen-bond acceptors (Lipinski definition) is 5.